The maximum absolute atomic E-state index is 4.80. The third-order valence-corrected chi connectivity index (χ3v) is 28.8. The Bertz CT molecular complexity index is 2360. The van der Waals surface area contributed by atoms with Crippen LogP contribution in [0.5, 0.6) is 0 Å². The average molecular weight is 1880 g/mol. The monoisotopic (exact) mass is 1880 g/mol. The summed E-state index contributed by atoms with van der Waals surface area (Å²) in [5, 5.41) is 6.36. The summed E-state index contributed by atoms with van der Waals surface area (Å²) >= 11 is 0.143. The van der Waals surface area contributed by atoms with Gasteiger partial charge in [-0.3, -0.25) is 0 Å². The van der Waals surface area contributed by atoms with Crippen molar-refractivity contribution in [3.8, 4) is 0 Å². The molecule has 10 aromatic rings. The van der Waals surface area contributed by atoms with Crippen molar-refractivity contribution in [1.29, 1.82) is 0 Å². The predicted octanol–water partition coefficient (Wildman–Crippen LogP) is -2.83. The second kappa shape index (κ2) is 67.7. The molecule has 0 saturated carbocycles. The third-order valence-electron chi connectivity index (χ3n) is 11.7. The molecule has 0 aromatic heterocycles. The van der Waals surface area contributed by atoms with Gasteiger partial charge in [0.1, 0.15) is 0 Å². The number of nitrogens with one attached hydrogen (secondary N) is 2. The minimum atomic E-state index is 0.0287. The molecule has 0 fully saturated rings. The van der Waals surface area contributed by atoms with E-state index in [0.717, 1.165) is 19.4 Å². The first-order chi connectivity index (χ1) is 45.3. The van der Waals surface area contributed by atoms with Crippen molar-refractivity contribution in [2.24, 2.45) is 0 Å². The van der Waals surface area contributed by atoms with Crippen molar-refractivity contribution in [3.63, 3.8) is 0 Å². The van der Waals surface area contributed by atoms with Gasteiger partial charge in [-0.15, -0.1) is 0 Å². The molecular formula is C78H108I5N2O2Si5-5. The molecule has 4 nitrogen and oxygen atoms in total. The maximum atomic E-state index is 4.80. The third kappa shape index (κ3) is 54.0. The average Bonchev–Trinajstić information content (AvgIpc) is 3.44. The van der Waals surface area contributed by atoms with Gasteiger partial charge >= 0.3 is 445 Å². The molecule has 0 aliphatic carbocycles. The summed E-state index contributed by atoms with van der Waals surface area (Å²) in [4.78, 5) is 0. The number of methoxy groups -OCH3 is 2. The van der Waals surface area contributed by atoms with Crippen LogP contribution in [0, 0.1) is 35.7 Å². The van der Waals surface area contributed by atoms with Gasteiger partial charge in [0.2, 0.25) is 0 Å². The van der Waals surface area contributed by atoms with E-state index in [2.05, 4.69) is 333 Å². The fourth-order valence-electron chi connectivity index (χ4n) is 6.53. The number of benzene rings is 10. The summed E-state index contributed by atoms with van der Waals surface area (Å²) in [7, 11) is 12.1. The summed E-state index contributed by atoms with van der Waals surface area (Å²) in [5.74, 6) is 0. The molecule has 0 atom stereocenters. The van der Waals surface area contributed by atoms with Crippen molar-refractivity contribution in [1.82, 2.24) is 10.6 Å². The SMILES string of the molecule is CCC[SiH3].CCNCCC[SiH3].CNCCC[SiH3].COCCC[SiH3].COC[SiH3].c1ccc([I-]c2ccccc2)cc1.c1ccc([I-]c2ccccc2)cc1.c1ccc([I-]c2ccccc2)cc1.c1ccc([I-]c2ccccc2)cc1.c1ccc([I-]c2ccccc2)cc1. The van der Waals surface area contributed by atoms with Crippen LogP contribution in [0.15, 0.2) is 303 Å². The quantitative estimate of drug-likeness (QED) is 0.0438. The number of ether oxygens (including phenoxy) is 2. The van der Waals surface area contributed by atoms with Gasteiger partial charge in [0.15, 0.2) is 0 Å². The van der Waals surface area contributed by atoms with Gasteiger partial charge in [0, 0.05) is 78.3 Å². The van der Waals surface area contributed by atoms with Crippen LogP contribution in [-0.2, 0) is 9.47 Å². The Morgan fingerprint density at radius 2 is 0.467 bits per heavy atom. The second-order valence-electron chi connectivity index (χ2n) is 19.5. The predicted molar refractivity (Wildman–Crippen MR) is 401 cm³/mol. The summed E-state index contributed by atoms with van der Waals surface area (Å²) in [6.45, 7) is 8.86. The number of hydrogen-bond acceptors (Lipinski definition) is 4. The van der Waals surface area contributed by atoms with Crippen molar-refractivity contribution in [2.75, 3.05) is 53.7 Å². The van der Waals surface area contributed by atoms with Crippen LogP contribution < -0.4 is 117 Å². The minimum absolute atomic E-state index is 0.0287. The van der Waals surface area contributed by atoms with Crippen LogP contribution in [0.4, 0.5) is 0 Å². The van der Waals surface area contributed by atoms with E-state index < -0.39 is 0 Å². The summed E-state index contributed by atoms with van der Waals surface area (Å²) in [5.41, 5.74) is 0. The first-order valence-corrected chi connectivity index (χ1v) is 50.3. The van der Waals surface area contributed by atoms with E-state index >= 15 is 0 Å². The Hall–Kier alpha value is -3.23. The molecule has 10 aromatic carbocycles. The fourth-order valence-corrected chi connectivity index (χ4v) is 18.9. The number of halogens is 5. The van der Waals surface area contributed by atoms with Gasteiger partial charge < -0.3 is 20.1 Å². The Kier molecular flexibility index (Phi) is 63.9. The van der Waals surface area contributed by atoms with E-state index in [4.69, 9.17) is 4.74 Å². The fraction of sp³-hybridized carbons (Fsp3) is 0.231. The molecule has 0 aliphatic rings. The zero-order chi connectivity index (χ0) is 66.7. The number of hydrogen-bond donors (Lipinski definition) is 2. The standard InChI is InChI=1S/5C12H10I.C5H15NSi.C4H13NSi.C4H12OSi.C3H10Si.C2H8OSi/c5*1-3-7-11(8-4-1)13-12-9-5-2-6-10-12;1-2-6-4-3-5-7;2*1-5-3-2-4-6;1-2-3-4;1-3-2-4/h5*1-10H;6H,2-5H2,1,7H3;5H,2-4H2,1,6H3;2-4H2,1,6H3;2-3H2,1,4H3;2H2,1,4H3/q5*-1;;;;;. The second-order valence-corrected chi connectivity index (χ2v) is 39.2. The van der Waals surface area contributed by atoms with Crippen LogP contribution >= 0.6 is 0 Å². The van der Waals surface area contributed by atoms with Crippen LogP contribution in [0.2, 0.25) is 24.2 Å². The van der Waals surface area contributed by atoms with E-state index in [0.29, 0.717) is 0 Å². The normalized spacial score (nSPS) is 9.88. The Balaban J connectivity index is 0.000000525. The Morgan fingerprint density at radius 1 is 0.283 bits per heavy atom. The van der Waals surface area contributed by atoms with Crippen molar-refractivity contribution in [2.45, 2.75) is 63.7 Å². The van der Waals surface area contributed by atoms with E-state index in [9.17, 15) is 0 Å². The van der Waals surface area contributed by atoms with Gasteiger partial charge in [-0.05, 0) is 45.9 Å². The molecule has 92 heavy (non-hydrogen) atoms. The van der Waals surface area contributed by atoms with Gasteiger partial charge in [-0.25, -0.2) is 0 Å². The van der Waals surface area contributed by atoms with E-state index in [1.54, 1.807) is 14.2 Å². The first kappa shape index (κ1) is 86.8. The van der Waals surface area contributed by atoms with Crippen LogP contribution in [0.1, 0.15) is 39.5 Å². The molecule has 0 radical (unpaired) electrons. The van der Waals surface area contributed by atoms with Crippen LogP contribution in [0.25, 0.3) is 0 Å². The topological polar surface area (TPSA) is 42.5 Å². The molecule has 2 N–H and O–H groups in total. The zero-order valence-corrected chi connectivity index (χ0v) is 77.6. The van der Waals surface area contributed by atoms with Crippen molar-refractivity contribution >= 4 is 51.2 Å². The van der Waals surface area contributed by atoms with Crippen LogP contribution in [0.3, 0.4) is 0 Å². The van der Waals surface area contributed by atoms with Gasteiger partial charge in [0.05, 0.1) is 0 Å². The zero-order valence-electron chi connectivity index (χ0n) is 56.8. The molecule has 502 valence electrons. The Morgan fingerprint density at radius 3 is 0.576 bits per heavy atom. The Labute approximate surface area is 626 Å². The number of rotatable bonds is 22. The van der Waals surface area contributed by atoms with Gasteiger partial charge in [0.25, 0.3) is 0 Å². The molecule has 0 heterocycles. The molecule has 14 heteroatoms. The summed E-state index contributed by atoms with van der Waals surface area (Å²) in [6, 6.07) is 113. The van der Waals surface area contributed by atoms with E-state index in [-0.39, 0.29) is 106 Å². The molecule has 0 spiro atoms. The molecule has 10 rings (SSSR count). The molecule has 0 bridgehead atoms. The molecular weight excluding hydrogens is 1770 g/mol. The summed E-state index contributed by atoms with van der Waals surface area (Å²) < 4.78 is 24.2. The molecule has 0 amide bonds. The molecule has 0 aliphatic heterocycles. The first-order valence-electron chi connectivity index (χ1n) is 32.4. The summed E-state index contributed by atoms with van der Waals surface area (Å²) in [6.07, 6.45) is 6.33. The van der Waals surface area contributed by atoms with Gasteiger partial charge in [-0.1, -0.05) is 44.4 Å². The van der Waals surface area contributed by atoms with Crippen molar-refractivity contribution < 1.29 is 115 Å². The molecule has 0 saturated heterocycles. The van der Waals surface area contributed by atoms with Gasteiger partial charge in [-0.2, -0.15) is 0 Å². The van der Waals surface area contributed by atoms with E-state index in [1.807, 2.05) is 7.05 Å². The van der Waals surface area contributed by atoms with Crippen molar-refractivity contribution in [3.05, 3.63) is 339 Å². The molecule has 0 unspecified atom stereocenters. The van der Waals surface area contributed by atoms with Crippen LogP contribution in [-0.4, -0.2) is 105 Å². The van der Waals surface area contributed by atoms with E-state index in [1.165, 1.54) is 150 Å².